The first-order valence-electron chi connectivity index (χ1n) is 5.67. The topological polar surface area (TPSA) is 23.6 Å². The molecule has 1 fully saturated rings. The molecule has 1 amide bonds. The minimum absolute atomic E-state index is 0.260. The lowest BCUT2D eigenvalue weighted by Gasteiger charge is -2.28. The molecule has 3 nitrogen and oxygen atoms in total. The minimum Gasteiger partial charge on any atom is -0.323 e. The van der Waals surface area contributed by atoms with Crippen molar-refractivity contribution in [3.63, 3.8) is 0 Å². The SMILES string of the molecule is CN(C)CN1C(=O)CCC1c1ccccc1. The summed E-state index contributed by atoms with van der Waals surface area (Å²) in [4.78, 5) is 15.8. The van der Waals surface area contributed by atoms with E-state index in [1.165, 1.54) is 5.56 Å². The van der Waals surface area contributed by atoms with Gasteiger partial charge in [-0.2, -0.15) is 0 Å². The normalized spacial score (nSPS) is 20.8. The van der Waals surface area contributed by atoms with E-state index in [-0.39, 0.29) is 11.9 Å². The molecule has 1 unspecified atom stereocenters. The van der Waals surface area contributed by atoms with Gasteiger partial charge in [0.15, 0.2) is 0 Å². The van der Waals surface area contributed by atoms with Crippen LogP contribution in [0.4, 0.5) is 0 Å². The van der Waals surface area contributed by atoms with Crippen LogP contribution < -0.4 is 0 Å². The van der Waals surface area contributed by atoms with Gasteiger partial charge in [0.25, 0.3) is 0 Å². The van der Waals surface area contributed by atoms with Crippen molar-refractivity contribution in [1.82, 2.24) is 9.80 Å². The van der Waals surface area contributed by atoms with Crippen molar-refractivity contribution in [2.75, 3.05) is 20.8 Å². The first-order valence-corrected chi connectivity index (χ1v) is 5.67. The van der Waals surface area contributed by atoms with Gasteiger partial charge < -0.3 is 4.90 Å². The molecule has 16 heavy (non-hydrogen) atoms. The van der Waals surface area contributed by atoms with E-state index in [1.807, 2.05) is 42.1 Å². The molecule has 0 saturated carbocycles. The highest BCUT2D eigenvalue weighted by atomic mass is 16.2. The molecule has 1 heterocycles. The number of benzene rings is 1. The third-order valence-corrected chi connectivity index (χ3v) is 2.95. The van der Waals surface area contributed by atoms with Gasteiger partial charge in [-0.05, 0) is 26.1 Å². The molecule has 0 bridgehead atoms. The molecule has 86 valence electrons. The Balaban J connectivity index is 2.18. The molecule has 2 rings (SSSR count). The summed E-state index contributed by atoms with van der Waals surface area (Å²) in [5.74, 6) is 0.266. The van der Waals surface area contributed by atoms with E-state index in [0.717, 1.165) is 6.42 Å². The van der Waals surface area contributed by atoms with Gasteiger partial charge in [-0.15, -0.1) is 0 Å². The van der Waals surface area contributed by atoms with Crippen molar-refractivity contribution in [3.8, 4) is 0 Å². The number of amides is 1. The van der Waals surface area contributed by atoms with Crippen molar-refractivity contribution < 1.29 is 4.79 Å². The molecule has 3 heteroatoms. The summed E-state index contributed by atoms with van der Waals surface area (Å²) < 4.78 is 0. The molecule has 0 aliphatic carbocycles. The van der Waals surface area contributed by atoms with Gasteiger partial charge in [0.05, 0.1) is 12.7 Å². The van der Waals surface area contributed by atoms with Crippen LogP contribution in [0.2, 0.25) is 0 Å². The number of nitrogens with zero attached hydrogens (tertiary/aromatic N) is 2. The zero-order valence-electron chi connectivity index (χ0n) is 9.89. The van der Waals surface area contributed by atoms with Gasteiger partial charge >= 0.3 is 0 Å². The van der Waals surface area contributed by atoms with Crippen LogP contribution in [0, 0.1) is 0 Å². The number of carbonyl (C=O) groups is 1. The van der Waals surface area contributed by atoms with Crippen molar-refractivity contribution in [2.45, 2.75) is 18.9 Å². The standard InChI is InChI=1S/C13H18N2O/c1-14(2)10-15-12(8-9-13(15)16)11-6-4-3-5-7-11/h3-7,12H,8-10H2,1-2H3. The zero-order chi connectivity index (χ0) is 11.5. The quantitative estimate of drug-likeness (QED) is 0.773. The van der Waals surface area contributed by atoms with E-state index in [2.05, 4.69) is 12.1 Å². The molecule has 1 saturated heterocycles. The molecular weight excluding hydrogens is 200 g/mol. The lowest BCUT2D eigenvalue weighted by Crippen LogP contribution is -2.36. The van der Waals surface area contributed by atoms with E-state index >= 15 is 0 Å². The van der Waals surface area contributed by atoms with Gasteiger partial charge in [0.1, 0.15) is 0 Å². The highest BCUT2D eigenvalue weighted by molar-refractivity contribution is 5.79. The maximum absolute atomic E-state index is 11.8. The van der Waals surface area contributed by atoms with Gasteiger partial charge in [0.2, 0.25) is 5.91 Å². The third kappa shape index (κ3) is 2.25. The highest BCUT2D eigenvalue weighted by Gasteiger charge is 2.31. The zero-order valence-corrected chi connectivity index (χ0v) is 9.89. The Bertz CT molecular complexity index is 361. The Morgan fingerprint density at radius 3 is 2.62 bits per heavy atom. The van der Waals surface area contributed by atoms with E-state index in [0.29, 0.717) is 13.1 Å². The van der Waals surface area contributed by atoms with Crippen LogP contribution in [0.15, 0.2) is 30.3 Å². The average Bonchev–Trinajstić information content (AvgIpc) is 2.61. The predicted molar refractivity (Wildman–Crippen MR) is 63.8 cm³/mol. The lowest BCUT2D eigenvalue weighted by atomic mass is 10.1. The molecule has 1 aromatic rings. The van der Waals surface area contributed by atoms with Crippen molar-refractivity contribution in [3.05, 3.63) is 35.9 Å². The predicted octanol–water partition coefficient (Wildman–Crippen LogP) is 1.87. The third-order valence-electron chi connectivity index (χ3n) is 2.95. The molecule has 1 aliphatic rings. The molecule has 1 atom stereocenters. The fraction of sp³-hybridized carbons (Fsp3) is 0.462. The number of likely N-dealkylation sites (tertiary alicyclic amines) is 1. The maximum atomic E-state index is 11.8. The van der Waals surface area contributed by atoms with Gasteiger partial charge in [-0.25, -0.2) is 0 Å². The Kier molecular flexibility index (Phi) is 3.25. The summed E-state index contributed by atoms with van der Waals surface area (Å²) >= 11 is 0. The van der Waals surface area contributed by atoms with Crippen LogP contribution in [-0.2, 0) is 4.79 Å². The highest BCUT2D eigenvalue weighted by Crippen LogP contribution is 2.32. The Morgan fingerprint density at radius 2 is 2.00 bits per heavy atom. The molecule has 0 N–H and O–H groups in total. The second kappa shape index (κ2) is 4.66. The minimum atomic E-state index is 0.260. The van der Waals surface area contributed by atoms with Crippen molar-refractivity contribution in [1.29, 1.82) is 0 Å². The summed E-state index contributed by atoms with van der Waals surface area (Å²) in [6.07, 6.45) is 1.62. The van der Waals surface area contributed by atoms with E-state index in [1.54, 1.807) is 0 Å². The van der Waals surface area contributed by atoms with Crippen LogP contribution in [-0.4, -0.2) is 36.5 Å². The Morgan fingerprint density at radius 1 is 1.31 bits per heavy atom. The number of hydrogen-bond acceptors (Lipinski definition) is 2. The largest absolute Gasteiger partial charge is 0.323 e. The molecule has 0 radical (unpaired) electrons. The second-order valence-corrected chi connectivity index (χ2v) is 4.55. The molecular formula is C13H18N2O. The first kappa shape index (κ1) is 11.1. The molecule has 0 spiro atoms. The van der Waals surface area contributed by atoms with Crippen LogP contribution in [0.3, 0.4) is 0 Å². The molecule has 1 aliphatic heterocycles. The molecule has 1 aromatic carbocycles. The van der Waals surface area contributed by atoms with Crippen LogP contribution in [0.25, 0.3) is 0 Å². The smallest absolute Gasteiger partial charge is 0.224 e. The van der Waals surface area contributed by atoms with Crippen LogP contribution >= 0.6 is 0 Å². The lowest BCUT2D eigenvalue weighted by molar-refractivity contribution is -0.130. The number of hydrogen-bond donors (Lipinski definition) is 0. The number of rotatable bonds is 3. The van der Waals surface area contributed by atoms with Gasteiger partial charge in [-0.3, -0.25) is 9.69 Å². The summed E-state index contributed by atoms with van der Waals surface area (Å²) in [6, 6.07) is 10.5. The van der Waals surface area contributed by atoms with Gasteiger partial charge in [-0.1, -0.05) is 30.3 Å². The Labute approximate surface area is 96.7 Å². The van der Waals surface area contributed by atoms with E-state index in [9.17, 15) is 4.79 Å². The fourth-order valence-corrected chi connectivity index (χ4v) is 2.24. The first-order chi connectivity index (χ1) is 7.68. The van der Waals surface area contributed by atoms with E-state index < -0.39 is 0 Å². The number of carbonyl (C=O) groups excluding carboxylic acids is 1. The average molecular weight is 218 g/mol. The van der Waals surface area contributed by atoms with E-state index in [4.69, 9.17) is 0 Å². The fourth-order valence-electron chi connectivity index (χ4n) is 2.24. The molecule has 0 aromatic heterocycles. The summed E-state index contributed by atoms with van der Waals surface area (Å²) in [5.41, 5.74) is 1.25. The van der Waals surface area contributed by atoms with Crippen molar-refractivity contribution >= 4 is 5.91 Å². The summed E-state index contributed by atoms with van der Waals surface area (Å²) in [5, 5.41) is 0. The summed E-state index contributed by atoms with van der Waals surface area (Å²) in [6.45, 7) is 0.707. The Hall–Kier alpha value is -1.35. The van der Waals surface area contributed by atoms with Gasteiger partial charge in [0, 0.05) is 6.42 Å². The second-order valence-electron chi connectivity index (χ2n) is 4.55. The van der Waals surface area contributed by atoms with Crippen molar-refractivity contribution in [2.24, 2.45) is 0 Å². The maximum Gasteiger partial charge on any atom is 0.224 e. The van der Waals surface area contributed by atoms with Crippen LogP contribution in [0.1, 0.15) is 24.4 Å². The monoisotopic (exact) mass is 218 g/mol. The van der Waals surface area contributed by atoms with Crippen LogP contribution in [0.5, 0.6) is 0 Å². The summed E-state index contributed by atoms with van der Waals surface area (Å²) in [7, 11) is 3.99.